The maximum absolute atomic E-state index is 11.9. The van der Waals surface area contributed by atoms with E-state index in [0.29, 0.717) is 45.6 Å². The van der Waals surface area contributed by atoms with Gasteiger partial charge in [-0.15, -0.1) is 0 Å². The number of aromatic amines is 1. The third-order valence-electron chi connectivity index (χ3n) is 5.63. The fraction of sp³-hybridized carbons (Fsp3) is 0.200. The molecule has 1 aliphatic carbocycles. The molecule has 0 spiro atoms. The zero-order valence-electron chi connectivity index (χ0n) is 18.5. The van der Waals surface area contributed by atoms with E-state index in [1.807, 2.05) is 31.2 Å². The van der Waals surface area contributed by atoms with Gasteiger partial charge >= 0.3 is 0 Å². The smallest absolute Gasteiger partial charge is 0.247 e. The molecule has 1 aromatic heterocycles. The van der Waals surface area contributed by atoms with Gasteiger partial charge in [-0.25, -0.2) is 0 Å². The summed E-state index contributed by atoms with van der Waals surface area (Å²) in [4.78, 5) is 11.9. The minimum absolute atomic E-state index is 0.275. The fourth-order valence-corrected chi connectivity index (χ4v) is 4.73. The van der Waals surface area contributed by atoms with E-state index >= 15 is 0 Å². The highest BCUT2D eigenvalue weighted by atomic mass is 35.5. The van der Waals surface area contributed by atoms with Gasteiger partial charge in [0.1, 0.15) is 11.5 Å². The maximum Gasteiger partial charge on any atom is 0.247 e. The number of carbonyl (C=O) groups excluding carboxylic acids is 1. The normalized spacial score (nSPS) is 12.6. The summed E-state index contributed by atoms with van der Waals surface area (Å²) in [7, 11) is 3.11. The molecule has 0 bridgehead atoms. The Hall–Kier alpha value is -3.22. The van der Waals surface area contributed by atoms with Crippen LogP contribution >= 0.6 is 23.2 Å². The molecule has 0 unspecified atom stereocenters. The van der Waals surface area contributed by atoms with Crippen molar-refractivity contribution in [2.45, 2.75) is 19.8 Å². The molecule has 1 heterocycles. The number of rotatable bonds is 6. The first-order valence-electron chi connectivity index (χ1n) is 10.3. The molecule has 8 heteroatoms. The number of halogens is 2. The molecule has 6 nitrogen and oxygen atoms in total. The van der Waals surface area contributed by atoms with Crippen molar-refractivity contribution < 1.29 is 14.3 Å². The van der Waals surface area contributed by atoms with Crippen LogP contribution in [0.1, 0.15) is 28.8 Å². The summed E-state index contributed by atoms with van der Waals surface area (Å²) >= 11 is 13.3. The lowest BCUT2D eigenvalue weighted by molar-refractivity contribution is -0.111. The second-order valence-corrected chi connectivity index (χ2v) is 8.42. The van der Waals surface area contributed by atoms with Crippen LogP contribution in [0.15, 0.2) is 36.9 Å². The van der Waals surface area contributed by atoms with Crippen LogP contribution in [0.25, 0.3) is 22.9 Å². The number of hydrogen-bond donors (Lipinski definition) is 2. The number of amides is 1. The van der Waals surface area contributed by atoms with E-state index in [-0.39, 0.29) is 5.91 Å². The van der Waals surface area contributed by atoms with E-state index in [9.17, 15) is 4.79 Å². The first kappa shape index (κ1) is 23.0. The van der Waals surface area contributed by atoms with Crippen molar-refractivity contribution in [3.8, 4) is 22.8 Å². The quantitative estimate of drug-likeness (QED) is 0.402. The van der Waals surface area contributed by atoms with Crippen LogP contribution in [0.2, 0.25) is 10.0 Å². The molecule has 1 aliphatic rings. The summed E-state index contributed by atoms with van der Waals surface area (Å²) in [6.07, 6.45) is 4.64. The van der Waals surface area contributed by atoms with E-state index in [1.54, 1.807) is 20.3 Å². The lowest BCUT2D eigenvalue weighted by Gasteiger charge is -2.20. The van der Waals surface area contributed by atoms with E-state index < -0.39 is 0 Å². The molecule has 0 saturated heterocycles. The van der Waals surface area contributed by atoms with E-state index in [0.717, 1.165) is 33.7 Å². The van der Waals surface area contributed by atoms with Gasteiger partial charge in [0.25, 0.3) is 0 Å². The zero-order valence-corrected chi connectivity index (χ0v) is 20.0. The van der Waals surface area contributed by atoms with Crippen LogP contribution in [-0.4, -0.2) is 30.3 Å². The van der Waals surface area contributed by atoms with Crippen molar-refractivity contribution >= 4 is 46.4 Å². The summed E-state index contributed by atoms with van der Waals surface area (Å²) in [5.41, 5.74) is 6.94. The number of H-pyrrole nitrogens is 1. The van der Waals surface area contributed by atoms with E-state index in [4.69, 9.17) is 32.7 Å². The van der Waals surface area contributed by atoms with Crippen molar-refractivity contribution in [3.63, 3.8) is 0 Å². The largest absolute Gasteiger partial charge is 0.495 e. The Labute approximate surface area is 202 Å². The molecule has 0 atom stereocenters. The Bertz CT molecular complexity index is 1270. The lowest BCUT2D eigenvalue weighted by Crippen LogP contribution is -2.09. The van der Waals surface area contributed by atoms with Crippen LogP contribution < -0.4 is 14.8 Å². The number of fused-ring (bicyclic) bond motifs is 1. The van der Waals surface area contributed by atoms with Gasteiger partial charge in [-0.05, 0) is 49.6 Å². The molecule has 0 radical (unpaired) electrons. The summed E-state index contributed by atoms with van der Waals surface area (Å²) in [6.45, 7) is 5.53. The second-order valence-electron chi connectivity index (χ2n) is 7.66. The lowest BCUT2D eigenvalue weighted by atomic mass is 9.89. The minimum Gasteiger partial charge on any atom is -0.495 e. The third-order valence-corrected chi connectivity index (χ3v) is 6.38. The van der Waals surface area contributed by atoms with Crippen LogP contribution in [0.5, 0.6) is 11.5 Å². The molecule has 2 N–H and O–H groups in total. The highest BCUT2D eigenvalue weighted by molar-refractivity contribution is 6.39. The van der Waals surface area contributed by atoms with Gasteiger partial charge < -0.3 is 14.8 Å². The van der Waals surface area contributed by atoms with Crippen molar-refractivity contribution in [1.82, 2.24) is 10.2 Å². The number of hydrogen-bond acceptors (Lipinski definition) is 4. The number of nitrogens with one attached hydrogen (secondary N) is 2. The zero-order chi connectivity index (χ0) is 23.7. The van der Waals surface area contributed by atoms with Crippen LogP contribution in [0, 0.1) is 6.92 Å². The Morgan fingerprint density at radius 3 is 2.48 bits per heavy atom. The third kappa shape index (κ3) is 4.24. The first-order chi connectivity index (χ1) is 15.9. The van der Waals surface area contributed by atoms with Gasteiger partial charge in [0.2, 0.25) is 5.91 Å². The summed E-state index contributed by atoms with van der Waals surface area (Å²) in [5.74, 6) is 0.711. The summed E-state index contributed by atoms with van der Waals surface area (Å²) < 4.78 is 10.8. The number of anilines is 1. The van der Waals surface area contributed by atoms with Crippen molar-refractivity contribution in [2.75, 3.05) is 19.5 Å². The van der Waals surface area contributed by atoms with Crippen molar-refractivity contribution in [1.29, 1.82) is 0 Å². The maximum atomic E-state index is 11.9. The average Bonchev–Trinajstić information content (AvgIpc) is 3.23. The summed E-state index contributed by atoms with van der Waals surface area (Å²) in [5, 5.41) is 11.4. The molecule has 0 aliphatic heterocycles. The standard InChI is InChI=1S/C25H23Cl2N3O3/c1-5-21(31)28-17-9-6-13(2)10-16(17)25-15-8-7-14(11-18(15)29-30-25)22-23(26)19(32-3)12-20(33-4)24(22)27/h5-6,9-12H,1,7-8H2,2-4H3,(H,28,31)(H,29,30). The fourth-order valence-electron chi connectivity index (χ4n) is 3.99. The number of nitrogens with zero attached hydrogens (tertiary/aromatic N) is 1. The number of benzene rings is 2. The highest BCUT2D eigenvalue weighted by Gasteiger charge is 2.25. The molecule has 33 heavy (non-hydrogen) atoms. The number of aromatic nitrogens is 2. The highest BCUT2D eigenvalue weighted by Crippen LogP contribution is 2.47. The SMILES string of the molecule is C=CC(=O)Nc1ccc(C)cc1-c1n[nH]c2c1CCC(c1c(Cl)c(OC)cc(OC)c1Cl)=C2. The van der Waals surface area contributed by atoms with Gasteiger partial charge in [-0.2, -0.15) is 5.10 Å². The Kier molecular flexibility index (Phi) is 6.49. The molecule has 0 saturated carbocycles. The van der Waals surface area contributed by atoms with Crippen molar-refractivity contribution in [2.24, 2.45) is 0 Å². The van der Waals surface area contributed by atoms with Gasteiger partial charge in [0.15, 0.2) is 0 Å². The van der Waals surface area contributed by atoms with Crippen molar-refractivity contribution in [3.05, 3.63) is 69.3 Å². The molecule has 4 rings (SSSR count). The number of ether oxygens (including phenoxy) is 2. The predicted octanol–water partition coefficient (Wildman–Crippen LogP) is 6.32. The molecular weight excluding hydrogens is 461 g/mol. The molecule has 2 aromatic carbocycles. The Morgan fingerprint density at radius 1 is 1.15 bits per heavy atom. The number of carbonyl (C=O) groups is 1. The van der Waals surface area contributed by atoms with Gasteiger partial charge in [-0.3, -0.25) is 9.89 Å². The Morgan fingerprint density at radius 2 is 1.85 bits per heavy atom. The van der Waals surface area contributed by atoms with Gasteiger partial charge in [-0.1, -0.05) is 41.4 Å². The molecule has 3 aromatic rings. The molecule has 170 valence electrons. The molecule has 0 fully saturated rings. The predicted molar refractivity (Wildman–Crippen MR) is 133 cm³/mol. The first-order valence-corrected chi connectivity index (χ1v) is 11.1. The average molecular weight is 484 g/mol. The number of methoxy groups -OCH3 is 2. The minimum atomic E-state index is -0.275. The monoisotopic (exact) mass is 483 g/mol. The number of allylic oxidation sites excluding steroid dienone is 1. The number of aryl methyl sites for hydroxylation is 1. The summed E-state index contributed by atoms with van der Waals surface area (Å²) in [6, 6.07) is 7.50. The Balaban J connectivity index is 1.81. The van der Waals surface area contributed by atoms with Crippen LogP contribution in [0.3, 0.4) is 0 Å². The topological polar surface area (TPSA) is 76.2 Å². The second kappa shape index (κ2) is 9.33. The van der Waals surface area contributed by atoms with Gasteiger partial charge in [0.05, 0.1) is 41.3 Å². The van der Waals surface area contributed by atoms with Crippen LogP contribution in [-0.2, 0) is 11.2 Å². The van der Waals surface area contributed by atoms with Crippen LogP contribution in [0.4, 0.5) is 5.69 Å². The molecule has 1 amide bonds. The van der Waals surface area contributed by atoms with E-state index in [1.165, 1.54) is 6.08 Å². The molecular formula is C25H23Cl2N3O3. The van der Waals surface area contributed by atoms with Gasteiger partial charge in [0, 0.05) is 22.8 Å². The van der Waals surface area contributed by atoms with E-state index in [2.05, 4.69) is 22.1 Å².